The standard InChI is InChI=1S/C6H8F3NO3S/c7-6(8,9)14(12,13)10-3-1-5(11)2-4-10/h1-4H2. The molecule has 0 bridgehead atoms. The summed E-state index contributed by atoms with van der Waals surface area (Å²) in [5, 5.41) is 0. The molecule has 1 aliphatic rings. The molecule has 82 valence electrons. The van der Waals surface area contributed by atoms with Crippen LogP contribution in [0.15, 0.2) is 0 Å². The average Bonchev–Trinajstić information content (AvgIpc) is 2.03. The Balaban J connectivity index is 2.81. The molecule has 1 rings (SSSR count). The van der Waals surface area contributed by atoms with Gasteiger partial charge in [0.25, 0.3) is 0 Å². The number of halogens is 3. The minimum absolute atomic E-state index is 0.144. The lowest BCUT2D eigenvalue weighted by Gasteiger charge is -2.25. The van der Waals surface area contributed by atoms with E-state index >= 15 is 0 Å². The van der Waals surface area contributed by atoms with Crippen LogP contribution in [-0.4, -0.2) is 37.1 Å². The predicted molar refractivity (Wildman–Crippen MR) is 40.8 cm³/mol. The van der Waals surface area contributed by atoms with Crippen molar-refractivity contribution in [2.75, 3.05) is 13.1 Å². The van der Waals surface area contributed by atoms with E-state index in [1.54, 1.807) is 0 Å². The molecule has 0 spiro atoms. The second kappa shape index (κ2) is 3.50. The number of alkyl halides is 3. The molecule has 14 heavy (non-hydrogen) atoms. The van der Waals surface area contributed by atoms with E-state index in [1.165, 1.54) is 0 Å². The second-order valence-electron chi connectivity index (χ2n) is 2.89. The van der Waals surface area contributed by atoms with E-state index in [9.17, 15) is 26.4 Å². The zero-order valence-corrected chi connectivity index (χ0v) is 7.86. The van der Waals surface area contributed by atoms with Gasteiger partial charge in [0.05, 0.1) is 0 Å². The molecule has 1 heterocycles. The molecule has 0 aromatic heterocycles. The summed E-state index contributed by atoms with van der Waals surface area (Å²) in [5.74, 6) is -0.210. The molecule has 0 radical (unpaired) electrons. The summed E-state index contributed by atoms with van der Waals surface area (Å²) in [5.41, 5.74) is -5.27. The van der Waals surface area contributed by atoms with Crippen LogP contribution < -0.4 is 0 Å². The van der Waals surface area contributed by atoms with Crippen molar-refractivity contribution in [1.82, 2.24) is 4.31 Å². The smallest absolute Gasteiger partial charge is 0.300 e. The van der Waals surface area contributed by atoms with Crippen molar-refractivity contribution in [3.63, 3.8) is 0 Å². The Kier molecular flexibility index (Phi) is 2.86. The lowest BCUT2D eigenvalue weighted by molar-refractivity contribution is -0.120. The zero-order valence-electron chi connectivity index (χ0n) is 7.04. The van der Waals surface area contributed by atoms with Crippen LogP contribution in [0.5, 0.6) is 0 Å². The molecule has 0 aromatic carbocycles. The molecule has 0 aromatic rings. The summed E-state index contributed by atoms with van der Waals surface area (Å²) >= 11 is 0. The van der Waals surface area contributed by atoms with E-state index in [4.69, 9.17) is 0 Å². The van der Waals surface area contributed by atoms with Gasteiger partial charge in [-0.25, -0.2) is 8.42 Å². The summed E-state index contributed by atoms with van der Waals surface area (Å²) in [6.07, 6.45) is -0.287. The third-order valence-corrected chi connectivity index (χ3v) is 3.54. The Bertz CT molecular complexity index is 325. The molecule has 1 aliphatic heterocycles. The first-order valence-electron chi connectivity index (χ1n) is 3.83. The number of ketones is 1. The maximum Gasteiger partial charge on any atom is 0.511 e. The van der Waals surface area contributed by atoms with Crippen molar-refractivity contribution in [1.29, 1.82) is 0 Å². The van der Waals surface area contributed by atoms with Gasteiger partial charge in [-0.05, 0) is 0 Å². The lowest BCUT2D eigenvalue weighted by Crippen LogP contribution is -2.45. The molecule has 0 unspecified atom stereocenters. The molecule has 0 saturated carbocycles. The van der Waals surface area contributed by atoms with Gasteiger partial charge in [0.2, 0.25) is 0 Å². The van der Waals surface area contributed by atoms with Crippen molar-refractivity contribution in [3.05, 3.63) is 0 Å². The molecular weight excluding hydrogens is 223 g/mol. The van der Waals surface area contributed by atoms with Gasteiger partial charge in [0.15, 0.2) is 0 Å². The van der Waals surface area contributed by atoms with Crippen LogP contribution in [0.2, 0.25) is 0 Å². The molecule has 4 nitrogen and oxygen atoms in total. The van der Waals surface area contributed by atoms with Gasteiger partial charge in [-0.15, -0.1) is 0 Å². The number of carbonyl (C=O) groups is 1. The molecular formula is C6H8F3NO3S. The fraction of sp³-hybridized carbons (Fsp3) is 0.833. The van der Waals surface area contributed by atoms with E-state index < -0.39 is 15.5 Å². The molecule has 0 N–H and O–H groups in total. The number of carbonyl (C=O) groups excluding carboxylic acids is 1. The van der Waals surface area contributed by atoms with Crippen molar-refractivity contribution in [3.8, 4) is 0 Å². The number of piperidine rings is 1. The van der Waals surface area contributed by atoms with Crippen LogP contribution in [0.1, 0.15) is 12.8 Å². The monoisotopic (exact) mass is 231 g/mol. The number of nitrogens with zero attached hydrogens (tertiary/aromatic N) is 1. The van der Waals surface area contributed by atoms with Crippen molar-refractivity contribution < 1.29 is 26.4 Å². The number of hydrogen-bond acceptors (Lipinski definition) is 3. The second-order valence-corrected chi connectivity index (χ2v) is 4.82. The minimum atomic E-state index is -5.27. The van der Waals surface area contributed by atoms with Gasteiger partial charge >= 0.3 is 15.5 Å². The fourth-order valence-electron chi connectivity index (χ4n) is 1.12. The van der Waals surface area contributed by atoms with Crippen LogP contribution >= 0.6 is 0 Å². The van der Waals surface area contributed by atoms with E-state index in [0.29, 0.717) is 4.31 Å². The highest BCUT2D eigenvalue weighted by atomic mass is 32.2. The summed E-state index contributed by atoms with van der Waals surface area (Å²) in [6.45, 7) is -0.749. The van der Waals surface area contributed by atoms with Gasteiger partial charge in [-0.2, -0.15) is 17.5 Å². The van der Waals surface area contributed by atoms with Gasteiger partial charge in [-0.1, -0.05) is 0 Å². The van der Waals surface area contributed by atoms with Gasteiger partial charge in [0, 0.05) is 25.9 Å². The molecule has 8 heteroatoms. The molecule has 0 aliphatic carbocycles. The third-order valence-electron chi connectivity index (χ3n) is 1.91. The normalized spacial score (nSPS) is 21.2. The summed E-state index contributed by atoms with van der Waals surface area (Å²) in [7, 11) is -5.24. The molecule has 1 saturated heterocycles. The maximum atomic E-state index is 12.0. The SMILES string of the molecule is O=C1CCN(S(=O)(=O)C(F)(F)F)CC1. The number of rotatable bonds is 1. The number of Topliss-reactive ketones (excluding diaryl/α,β-unsaturated/α-hetero) is 1. The Labute approximate surface area is 78.7 Å². The van der Waals surface area contributed by atoms with E-state index in [2.05, 4.69) is 0 Å². The Morgan fingerprint density at radius 3 is 1.93 bits per heavy atom. The highest BCUT2D eigenvalue weighted by Crippen LogP contribution is 2.28. The fourth-order valence-corrected chi connectivity index (χ4v) is 2.08. The first-order valence-corrected chi connectivity index (χ1v) is 5.27. The van der Waals surface area contributed by atoms with Crippen molar-refractivity contribution in [2.45, 2.75) is 18.3 Å². The van der Waals surface area contributed by atoms with E-state index in [1.807, 2.05) is 0 Å². The van der Waals surface area contributed by atoms with Crippen molar-refractivity contribution in [2.24, 2.45) is 0 Å². The van der Waals surface area contributed by atoms with Gasteiger partial charge in [0.1, 0.15) is 5.78 Å². The first kappa shape index (κ1) is 11.4. The van der Waals surface area contributed by atoms with E-state index in [-0.39, 0.29) is 31.7 Å². The highest BCUT2D eigenvalue weighted by molar-refractivity contribution is 7.90. The minimum Gasteiger partial charge on any atom is -0.300 e. The largest absolute Gasteiger partial charge is 0.511 e. The van der Waals surface area contributed by atoms with Crippen molar-refractivity contribution >= 4 is 15.8 Å². The van der Waals surface area contributed by atoms with Crippen LogP contribution in [0.3, 0.4) is 0 Å². The number of hydrogen-bond donors (Lipinski definition) is 0. The quantitative estimate of drug-likeness (QED) is 0.660. The number of sulfonamides is 1. The van der Waals surface area contributed by atoms with Gasteiger partial charge in [-0.3, -0.25) is 4.79 Å². The van der Waals surface area contributed by atoms with Crippen LogP contribution in [0.4, 0.5) is 13.2 Å². The first-order chi connectivity index (χ1) is 6.25. The third kappa shape index (κ3) is 2.06. The summed E-state index contributed by atoms with van der Waals surface area (Å²) in [6, 6.07) is 0. The molecule has 1 fully saturated rings. The summed E-state index contributed by atoms with van der Waals surface area (Å²) in [4.78, 5) is 10.7. The van der Waals surface area contributed by atoms with Crippen LogP contribution in [0, 0.1) is 0 Å². The highest BCUT2D eigenvalue weighted by Gasteiger charge is 2.50. The van der Waals surface area contributed by atoms with Crippen LogP contribution in [0.25, 0.3) is 0 Å². The topological polar surface area (TPSA) is 54.5 Å². The molecule has 0 amide bonds. The summed E-state index contributed by atoms with van der Waals surface area (Å²) < 4.78 is 57.9. The zero-order chi connectivity index (χ0) is 11.0. The lowest BCUT2D eigenvalue weighted by atomic mass is 10.1. The maximum absolute atomic E-state index is 12.0. The molecule has 0 atom stereocenters. The Morgan fingerprint density at radius 2 is 1.57 bits per heavy atom. The Hall–Kier alpha value is -0.630. The van der Waals surface area contributed by atoms with E-state index in [0.717, 1.165) is 0 Å². The Morgan fingerprint density at radius 1 is 1.14 bits per heavy atom. The predicted octanol–water partition coefficient (Wildman–Crippen LogP) is 0.501. The van der Waals surface area contributed by atoms with Crippen LogP contribution in [-0.2, 0) is 14.8 Å². The average molecular weight is 231 g/mol. The van der Waals surface area contributed by atoms with Gasteiger partial charge < -0.3 is 0 Å².